The third-order valence-electron chi connectivity index (χ3n) is 2.89. The first-order valence-corrected chi connectivity index (χ1v) is 6.22. The maximum Gasteiger partial charge on any atom is 0.130 e. The number of hydrogen-bond donors (Lipinski definition) is 0. The molecule has 2 aromatic rings. The van der Waals surface area contributed by atoms with Crippen LogP contribution in [0.1, 0.15) is 12.0 Å². The van der Waals surface area contributed by atoms with Gasteiger partial charge in [-0.05, 0) is 23.8 Å². The van der Waals surface area contributed by atoms with E-state index < -0.39 is 0 Å². The summed E-state index contributed by atoms with van der Waals surface area (Å²) in [6.07, 6.45) is 5.47. The van der Waals surface area contributed by atoms with Gasteiger partial charge in [-0.2, -0.15) is 0 Å². The fourth-order valence-corrected chi connectivity index (χ4v) is 2.02. The second-order valence-corrected chi connectivity index (χ2v) is 4.19. The van der Waals surface area contributed by atoms with Gasteiger partial charge >= 0.3 is 0 Å². The van der Waals surface area contributed by atoms with Crippen molar-refractivity contribution in [2.24, 2.45) is 0 Å². The van der Waals surface area contributed by atoms with Crippen molar-refractivity contribution in [2.45, 2.75) is 12.8 Å². The molecule has 0 atom stereocenters. The Balaban J connectivity index is 2.44. The highest BCUT2D eigenvalue weighted by Gasteiger charge is 2.07. The molecule has 0 aromatic heterocycles. The zero-order chi connectivity index (χ0) is 12.8. The molecule has 92 valence electrons. The Morgan fingerprint density at radius 2 is 1.83 bits per heavy atom. The standard InChI is InChI=1S/C17H18O/c1-3-5-13-18-17-15(8-4-2)12-11-14-9-6-7-10-16(14)17/h3-4,6-7,9-12H,1-2,5,8,13H2. The number of allylic oxidation sites excluding steroid dienone is 1. The van der Waals surface area contributed by atoms with Crippen molar-refractivity contribution < 1.29 is 4.74 Å². The second-order valence-electron chi connectivity index (χ2n) is 4.19. The predicted octanol–water partition coefficient (Wildman–Crippen LogP) is 4.52. The average molecular weight is 238 g/mol. The molecular formula is C17H18O. The van der Waals surface area contributed by atoms with Gasteiger partial charge < -0.3 is 4.74 Å². The highest BCUT2D eigenvalue weighted by Crippen LogP contribution is 2.30. The first-order valence-electron chi connectivity index (χ1n) is 6.22. The van der Waals surface area contributed by atoms with Crippen molar-refractivity contribution in [1.82, 2.24) is 0 Å². The lowest BCUT2D eigenvalue weighted by molar-refractivity contribution is 0.326. The molecule has 0 aliphatic rings. The van der Waals surface area contributed by atoms with Crippen molar-refractivity contribution in [3.05, 3.63) is 67.3 Å². The summed E-state index contributed by atoms with van der Waals surface area (Å²) in [5, 5.41) is 2.37. The highest BCUT2D eigenvalue weighted by molar-refractivity contribution is 5.89. The molecule has 0 unspecified atom stereocenters. The van der Waals surface area contributed by atoms with Gasteiger partial charge in [-0.1, -0.05) is 48.6 Å². The van der Waals surface area contributed by atoms with E-state index in [1.165, 1.54) is 16.3 Å². The topological polar surface area (TPSA) is 9.23 Å². The van der Waals surface area contributed by atoms with Crippen LogP contribution in [-0.4, -0.2) is 6.61 Å². The van der Waals surface area contributed by atoms with E-state index in [2.05, 4.69) is 37.4 Å². The van der Waals surface area contributed by atoms with Gasteiger partial charge in [0.05, 0.1) is 6.61 Å². The zero-order valence-corrected chi connectivity index (χ0v) is 10.6. The maximum absolute atomic E-state index is 5.92. The van der Waals surface area contributed by atoms with Crippen LogP contribution in [0.5, 0.6) is 5.75 Å². The third-order valence-corrected chi connectivity index (χ3v) is 2.89. The van der Waals surface area contributed by atoms with Crippen LogP contribution in [0.3, 0.4) is 0 Å². The monoisotopic (exact) mass is 238 g/mol. The largest absolute Gasteiger partial charge is 0.492 e. The van der Waals surface area contributed by atoms with Crippen LogP contribution in [0.15, 0.2) is 61.7 Å². The molecule has 18 heavy (non-hydrogen) atoms. The van der Waals surface area contributed by atoms with E-state index in [0.29, 0.717) is 6.61 Å². The van der Waals surface area contributed by atoms with E-state index in [9.17, 15) is 0 Å². The van der Waals surface area contributed by atoms with Crippen LogP contribution in [-0.2, 0) is 6.42 Å². The molecule has 0 fully saturated rings. The Bertz CT molecular complexity index is 555. The number of benzene rings is 2. The fraction of sp³-hybridized carbons (Fsp3) is 0.176. The molecule has 0 bridgehead atoms. The van der Waals surface area contributed by atoms with Crippen LogP contribution in [0.2, 0.25) is 0 Å². The van der Waals surface area contributed by atoms with E-state index in [0.717, 1.165) is 18.6 Å². The lowest BCUT2D eigenvalue weighted by Gasteiger charge is -2.13. The summed E-state index contributed by atoms with van der Waals surface area (Å²) in [4.78, 5) is 0. The van der Waals surface area contributed by atoms with E-state index >= 15 is 0 Å². The van der Waals surface area contributed by atoms with Gasteiger partial charge in [0, 0.05) is 5.39 Å². The van der Waals surface area contributed by atoms with Crippen LogP contribution < -0.4 is 4.74 Å². The quantitative estimate of drug-likeness (QED) is 0.531. The Labute approximate surface area is 108 Å². The van der Waals surface area contributed by atoms with Gasteiger partial charge in [-0.25, -0.2) is 0 Å². The molecule has 0 aliphatic heterocycles. The number of rotatable bonds is 6. The van der Waals surface area contributed by atoms with E-state index in [1.807, 2.05) is 24.3 Å². The van der Waals surface area contributed by atoms with Crippen LogP contribution in [0.25, 0.3) is 10.8 Å². The fourth-order valence-electron chi connectivity index (χ4n) is 2.02. The third kappa shape index (κ3) is 2.62. The molecule has 0 aliphatic carbocycles. The van der Waals surface area contributed by atoms with Gasteiger partial charge in [-0.15, -0.1) is 13.2 Å². The van der Waals surface area contributed by atoms with E-state index in [-0.39, 0.29) is 0 Å². The van der Waals surface area contributed by atoms with Crippen molar-refractivity contribution >= 4 is 10.8 Å². The van der Waals surface area contributed by atoms with Gasteiger partial charge in [0.2, 0.25) is 0 Å². The SMILES string of the molecule is C=CCCOc1c(CC=C)ccc2ccccc12. The molecular weight excluding hydrogens is 220 g/mol. The number of hydrogen-bond acceptors (Lipinski definition) is 1. The number of fused-ring (bicyclic) bond motifs is 1. The highest BCUT2D eigenvalue weighted by atomic mass is 16.5. The molecule has 0 spiro atoms. The molecule has 0 N–H and O–H groups in total. The molecule has 0 saturated heterocycles. The minimum absolute atomic E-state index is 0.668. The van der Waals surface area contributed by atoms with Crippen molar-refractivity contribution in [2.75, 3.05) is 6.61 Å². The van der Waals surface area contributed by atoms with Crippen LogP contribution in [0, 0.1) is 0 Å². The van der Waals surface area contributed by atoms with Crippen molar-refractivity contribution in [1.29, 1.82) is 0 Å². The molecule has 0 heterocycles. The van der Waals surface area contributed by atoms with Crippen molar-refractivity contribution in [3.63, 3.8) is 0 Å². The normalized spacial score (nSPS) is 10.2. The Kier molecular flexibility index (Phi) is 4.19. The summed E-state index contributed by atoms with van der Waals surface area (Å²) in [5.74, 6) is 0.981. The first-order chi connectivity index (χ1) is 8.86. The second kappa shape index (κ2) is 6.06. The Hall–Kier alpha value is -2.02. The summed E-state index contributed by atoms with van der Waals surface area (Å²) in [6, 6.07) is 12.5. The first kappa shape index (κ1) is 12.4. The van der Waals surface area contributed by atoms with Gasteiger partial charge in [0.1, 0.15) is 5.75 Å². The summed E-state index contributed by atoms with van der Waals surface area (Å²) in [7, 11) is 0. The lowest BCUT2D eigenvalue weighted by Crippen LogP contribution is -1.99. The molecule has 2 aromatic carbocycles. The molecule has 1 nitrogen and oxygen atoms in total. The molecule has 0 saturated carbocycles. The van der Waals surface area contributed by atoms with E-state index in [1.54, 1.807) is 0 Å². The van der Waals surface area contributed by atoms with Crippen molar-refractivity contribution in [3.8, 4) is 5.75 Å². The Morgan fingerprint density at radius 3 is 2.61 bits per heavy atom. The van der Waals surface area contributed by atoms with Crippen LogP contribution in [0.4, 0.5) is 0 Å². The zero-order valence-electron chi connectivity index (χ0n) is 10.6. The summed E-state index contributed by atoms with van der Waals surface area (Å²) in [6.45, 7) is 8.19. The summed E-state index contributed by atoms with van der Waals surface area (Å²) < 4.78 is 5.92. The summed E-state index contributed by atoms with van der Waals surface area (Å²) in [5.41, 5.74) is 1.19. The van der Waals surface area contributed by atoms with Gasteiger partial charge in [0.15, 0.2) is 0 Å². The van der Waals surface area contributed by atoms with Crippen LogP contribution >= 0.6 is 0 Å². The molecule has 2 rings (SSSR count). The lowest BCUT2D eigenvalue weighted by atomic mass is 10.0. The minimum Gasteiger partial charge on any atom is -0.492 e. The molecule has 0 radical (unpaired) electrons. The van der Waals surface area contributed by atoms with E-state index in [4.69, 9.17) is 4.74 Å². The molecule has 1 heteroatoms. The average Bonchev–Trinajstić information content (AvgIpc) is 2.41. The molecule has 0 amide bonds. The smallest absolute Gasteiger partial charge is 0.130 e. The van der Waals surface area contributed by atoms with Gasteiger partial charge in [0.25, 0.3) is 0 Å². The predicted molar refractivity (Wildman–Crippen MR) is 78.2 cm³/mol. The Morgan fingerprint density at radius 1 is 1.00 bits per heavy atom. The minimum atomic E-state index is 0.668. The maximum atomic E-state index is 5.92. The van der Waals surface area contributed by atoms with Gasteiger partial charge in [-0.3, -0.25) is 0 Å². The summed E-state index contributed by atoms with van der Waals surface area (Å²) >= 11 is 0. The number of ether oxygens (including phenoxy) is 1.